The molecule has 0 bridgehead atoms. The minimum absolute atomic E-state index is 0.103. The van der Waals surface area contributed by atoms with Gasteiger partial charge in [0.25, 0.3) is 0 Å². The molecule has 0 aromatic heterocycles. The summed E-state index contributed by atoms with van der Waals surface area (Å²) in [5.41, 5.74) is -2.11. The third-order valence-corrected chi connectivity index (χ3v) is 6.01. The number of alkyl carbamates (subject to hydrolysis) is 2. The Morgan fingerprint density at radius 3 is 1.71 bits per heavy atom. The van der Waals surface area contributed by atoms with Gasteiger partial charge in [0, 0.05) is 39.3 Å². The molecule has 3 N–H and O–H groups in total. The molecule has 0 aromatic carbocycles. The van der Waals surface area contributed by atoms with Crippen molar-refractivity contribution in [2.75, 3.05) is 64.4 Å². The van der Waals surface area contributed by atoms with E-state index < -0.39 is 53.0 Å². The highest BCUT2D eigenvalue weighted by Crippen LogP contribution is 2.11. The number of hydrogen-bond acceptors (Lipinski definition) is 11. The number of amides is 4. The van der Waals surface area contributed by atoms with Crippen molar-refractivity contribution in [2.45, 2.75) is 98.5 Å². The Balaban J connectivity index is 5.69. The minimum Gasteiger partial charge on any atom is -0.464 e. The zero-order valence-electron chi connectivity index (χ0n) is 29.1. The van der Waals surface area contributed by atoms with E-state index in [0.717, 1.165) is 0 Å². The van der Waals surface area contributed by atoms with Crippen molar-refractivity contribution in [3.63, 3.8) is 0 Å². The molecular weight excluding hydrogens is 606 g/mol. The Labute approximate surface area is 273 Å². The predicted molar refractivity (Wildman–Crippen MR) is 174 cm³/mol. The fraction of sp³-hybridized carbons (Fsp3) is 0.833. The molecule has 0 radical (unpaired) electrons. The lowest BCUT2D eigenvalue weighted by molar-refractivity contribution is -0.147. The van der Waals surface area contributed by atoms with Crippen LogP contribution in [0.3, 0.4) is 0 Å². The number of esters is 1. The standard InChI is InChI=1S/C30H57N5O9S/c1-12-41-24(37)22(13-20-45-11)33-23(36)21-34(16-14-31-25(38)42-28(2,3)4)18-19-35(27(40)44-30(8,9)10)17-15-32-26(39)43-29(5,6)7/h22H,12-21H2,1-11H3,(H,31,38)(H,32,39)(H,33,36). The lowest BCUT2D eigenvalue weighted by atomic mass is 10.2. The van der Waals surface area contributed by atoms with Crippen LogP contribution in [0.15, 0.2) is 0 Å². The second-order valence-corrected chi connectivity index (χ2v) is 14.2. The molecule has 0 fully saturated rings. The van der Waals surface area contributed by atoms with Gasteiger partial charge in [-0.15, -0.1) is 0 Å². The largest absolute Gasteiger partial charge is 0.464 e. The molecular formula is C30H57N5O9S. The Kier molecular flexibility index (Phi) is 18.9. The summed E-state index contributed by atoms with van der Waals surface area (Å²) < 4.78 is 21.3. The molecule has 14 nitrogen and oxygen atoms in total. The maximum atomic E-state index is 13.1. The maximum absolute atomic E-state index is 13.1. The van der Waals surface area contributed by atoms with Gasteiger partial charge in [0.15, 0.2) is 0 Å². The van der Waals surface area contributed by atoms with E-state index in [9.17, 15) is 24.0 Å². The van der Waals surface area contributed by atoms with Crippen molar-refractivity contribution in [1.82, 2.24) is 25.8 Å². The van der Waals surface area contributed by atoms with Gasteiger partial charge in [-0.05, 0) is 87.7 Å². The zero-order valence-corrected chi connectivity index (χ0v) is 29.9. The van der Waals surface area contributed by atoms with E-state index >= 15 is 0 Å². The number of hydrogen-bond donors (Lipinski definition) is 3. The van der Waals surface area contributed by atoms with Crippen molar-refractivity contribution in [3.05, 3.63) is 0 Å². The second-order valence-electron chi connectivity index (χ2n) is 13.3. The molecule has 0 aliphatic heterocycles. The highest BCUT2D eigenvalue weighted by atomic mass is 32.2. The summed E-state index contributed by atoms with van der Waals surface area (Å²) in [4.78, 5) is 66.1. The number of carbonyl (C=O) groups excluding carboxylic acids is 5. The number of thioether (sulfide) groups is 1. The smallest absolute Gasteiger partial charge is 0.410 e. The van der Waals surface area contributed by atoms with Crippen LogP contribution in [0.25, 0.3) is 0 Å². The minimum atomic E-state index is -0.802. The van der Waals surface area contributed by atoms with Crippen LogP contribution in [0.5, 0.6) is 0 Å². The quantitative estimate of drug-likeness (QED) is 0.154. The van der Waals surface area contributed by atoms with Gasteiger partial charge in [-0.3, -0.25) is 9.69 Å². The average Bonchev–Trinajstić information content (AvgIpc) is 2.85. The molecule has 262 valence electrons. The van der Waals surface area contributed by atoms with E-state index in [1.807, 2.05) is 6.26 Å². The van der Waals surface area contributed by atoms with E-state index in [1.54, 1.807) is 85.9 Å². The molecule has 0 aliphatic carbocycles. The lowest BCUT2D eigenvalue weighted by Crippen LogP contribution is -2.50. The Hall–Kier alpha value is -2.94. The van der Waals surface area contributed by atoms with Gasteiger partial charge in [-0.25, -0.2) is 19.2 Å². The first-order valence-electron chi connectivity index (χ1n) is 15.2. The first-order chi connectivity index (χ1) is 20.7. The molecule has 45 heavy (non-hydrogen) atoms. The summed E-state index contributed by atoms with van der Waals surface area (Å²) >= 11 is 1.55. The van der Waals surface area contributed by atoms with Crippen LogP contribution in [0.4, 0.5) is 14.4 Å². The summed E-state index contributed by atoms with van der Waals surface area (Å²) in [6.07, 6.45) is 0.501. The SMILES string of the molecule is CCOC(=O)C(CCSC)NC(=O)CN(CCNC(=O)OC(C)(C)C)CCN(CCNC(=O)OC(C)(C)C)C(=O)OC(C)(C)C. The van der Waals surface area contributed by atoms with E-state index in [-0.39, 0.29) is 52.4 Å². The number of ether oxygens (including phenoxy) is 4. The predicted octanol–water partition coefficient (Wildman–Crippen LogP) is 3.38. The second kappa shape index (κ2) is 20.2. The van der Waals surface area contributed by atoms with Crippen molar-refractivity contribution in [1.29, 1.82) is 0 Å². The van der Waals surface area contributed by atoms with E-state index in [1.165, 1.54) is 4.90 Å². The average molecular weight is 664 g/mol. The van der Waals surface area contributed by atoms with Gasteiger partial charge in [0.1, 0.15) is 22.8 Å². The molecule has 0 saturated carbocycles. The maximum Gasteiger partial charge on any atom is 0.410 e. The fourth-order valence-corrected chi connectivity index (χ4v) is 4.03. The monoisotopic (exact) mass is 663 g/mol. The van der Waals surface area contributed by atoms with Gasteiger partial charge in [0.2, 0.25) is 5.91 Å². The molecule has 0 heterocycles. The Bertz CT molecular complexity index is 946. The molecule has 0 aromatic rings. The van der Waals surface area contributed by atoms with Gasteiger partial charge in [0.05, 0.1) is 13.2 Å². The molecule has 0 spiro atoms. The molecule has 0 rings (SSSR count). The highest BCUT2D eigenvalue weighted by Gasteiger charge is 2.26. The lowest BCUT2D eigenvalue weighted by Gasteiger charge is -2.30. The normalized spacial score (nSPS) is 12.5. The van der Waals surface area contributed by atoms with Crippen molar-refractivity contribution in [2.24, 2.45) is 0 Å². The molecule has 1 atom stereocenters. The molecule has 0 saturated heterocycles. The topological polar surface area (TPSA) is 165 Å². The summed E-state index contributed by atoms with van der Waals surface area (Å²) in [7, 11) is 0. The van der Waals surface area contributed by atoms with Gasteiger partial charge >= 0.3 is 24.2 Å². The highest BCUT2D eigenvalue weighted by molar-refractivity contribution is 7.98. The summed E-state index contributed by atoms with van der Waals surface area (Å²) in [5, 5.41) is 8.07. The van der Waals surface area contributed by atoms with Crippen LogP contribution < -0.4 is 16.0 Å². The van der Waals surface area contributed by atoms with Crippen LogP contribution in [0, 0.1) is 0 Å². The molecule has 4 amide bonds. The number of nitrogens with one attached hydrogen (secondary N) is 3. The van der Waals surface area contributed by atoms with E-state index in [2.05, 4.69) is 16.0 Å². The Morgan fingerprint density at radius 1 is 0.733 bits per heavy atom. The van der Waals surface area contributed by atoms with Gasteiger partial charge in [-0.1, -0.05) is 0 Å². The summed E-state index contributed by atoms with van der Waals surface area (Å²) in [5.74, 6) is -0.274. The van der Waals surface area contributed by atoms with Crippen LogP contribution >= 0.6 is 11.8 Å². The molecule has 0 aliphatic rings. The molecule has 1 unspecified atom stereocenters. The van der Waals surface area contributed by atoms with Crippen molar-refractivity contribution in [3.8, 4) is 0 Å². The number of rotatable bonds is 17. The van der Waals surface area contributed by atoms with Crippen molar-refractivity contribution >= 4 is 41.9 Å². The fourth-order valence-electron chi connectivity index (χ4n) is 3.56. The van der Waals surface area contributed by atoms with Crippen LogP contribution in [-0.2, 0) is 28.5 Å². The van der Waals surface area contributed by atoms with E-state index in [0.29, 0.717) is 12.2 Å². The third kappa shape index (κ3) is 23.1. The van der Waals surface area contributed by atoms with Crippen LogP contribution in [-0.4, -0.2) is 127 Å². The first-order valence-corrected chi connectivity index (χ1v) is 16.6. The number of carbonyl (C=O) groups is 5. The van der Waals surface area contributed by atoms with Gasteiger partial charge in [-0.2, -0.15) is 11.8 Å². The summed E-state index contributed by atoms with van der Waals surface area (Å²) in [6, 6.07) is -0.802. The van der Waals surface area contributed by atoms with Gasteiger partial charge < -0.3 is 39.8 Å². The van der Waals surface area contributed by atoms with Crippen molar-refractivity contribution < 1.29 is 42.9 Å². The first kappa shape index (κ1) is 42.1. The van der Waals surface area contributed by atoms with E-state index in [4.69, 9.17) is 18.9 Å². The van der Waals surface area contributed by atoms with Crippen LogP contribution in [0.1, 0.15) is 75.7 Å². The Morgan fingerprint density at radius 2 is 1.24 bits per heavy atom. The zero-order chi connectivity index (χ0) is 34.8. The third-order valence-electron chi connectivity index (χ3n) is 5.37. The van der Waals surface area contributed by atoms with Crippen LogP contribution in [0.2, 0.25) is 0 Å². The summed E-state index contributed by atoms with van der Waals surface area (Å²) in [6.45, 7) is 18.5. The number of nitrogens with zero attached hydrogens (tertiary/aromatic N) is 2. The molecule has 15 heteroatoms.